The number of hydrogen-bond donors (Lipinski definition) is 0. The zero-order chi connectivity index (χ0) is 11.3. The van der Waals surface area contributed by atoms with Gasteiger partial charge in [-0.2, -0.15) is 0 Å². The molecule has 0 fully saturated rings. The number of benzene rings is 1. The Morgan fingerprint density at radius 2 is 1.87 bits per heavy atom. The summed E-state index contributed by atoms with van der Waals surface area (Å²) in [7, 11) is 0. The molecule has 0 aliphatic rings. The lowest BCUT2D eigenvalue weighted by atomic mass is 10.0. The summed E-state index contributed by atoms with van der Waals surface area (Å²) in [6.07, 6.45) is 0.956. The summed E-state index contributed by atoms with van der Waals surface area (Å²) >= 11 is 0. The van der Waals surface area contributed by atoms with E-state index in [9.17, 15) is 4.79 Å². The highest BCUT2D eigenvalue weighted by atomic mass is 16.2. The smallest absolute Gasteiger partial charge is 0.219 e. The van der Waals surface area contributed by atoms with Crippen LogP contribution in [0.15, 0.2) is 30.3 Å². The highest BCUT2D eigenvalue weighted by Gasteiger charge is 2.18. The van der Waals surface area contributed by atoms with Crippen LogP contribution < -0.4 is 0 Å². The van der Waals surface area contributed by atoms with Gasteiger partial charge in [-0.3, -0.25) is 4.79 Å². The highest BCUT2D eigenvalue weighted by molar-refractivity contribution is 5.73. The Kier molecular flexibility index (Phi) is 4.35. The molecule has 0 aromatic heterocycles. The van der Waals surface area contributed by atoms with E-state index >= 15 is 0 Å². The predicted octanol–water partition coefficient (Wildman–Crippen LogP) is 3.01. The van der Waals surface area contributed by atoms with E-state index in [1.807, 2.05) is 30.0 Å². The Morgan fingerprint density at radius 3 is 2.27 bits per heavy atom. The van der Waals surface area contributed by atoms with Crippen LogP contribution >= 0.6 is 0 Å². The molecule has 1 aromatic rings. The first-order valence-corrected chi connectivity index (χ1v) is 5.52. The first kappa shape index (κ1) is 11.8. The van der Waals surface area contributed by atoms with E-state index < -0.39 is 0 Å². The van der Waals surface area contributed by atoms with Gasteiger partial charge in [0, 0.05) is 13.5 Å². The molecule has 0 N–H and O–H groups in total. The second-order valence-corrected chi connectivity index (χ2v) is 3.64. The lowest BCUT2D eigenvalue weighted by molar-refractivity contribution is -0.131. The number of nitrogens with zero attached hydrogens (tertiary/aromatic N) is 1. The molecule has 2 heteroatoms. The molecule has 1 rings (SSSR count). The van der Waals surface area contributed by atoms with Crippen molar-refractivity contribution in [3.05, 3.63) is 35.9 Å². The van der Waals surface area contributed by atoms with Crippen molar-refractivity contribution in [1.82, 2.24) is 4.90 Å². The monoisotopic (exact) mass is 205 g/mol. The van der Waals surface area contributed by atoms with E-state index in [4.69, 9.17) is 0 Å². The first-order valence-electron chi connectivity index (χ1n) is 5.52. The molecule has 1 atom stereocenters. The van der Waals surface area contributed by atoms with Crippen LogP contribution in [0, 0.1) is 0 Å². The number of rotatable bonds is 4. The zero-order valence-corrected chi connectivity index (χ0v) is 9.73. The summed E-state index contributed by atoms with van der Waals surface area (Å²) in [4.78, 5) is 13.4. The fourth-order valence-corrected chi connectivity index (χ4v) is 1.97. The number of carbonyl (C=O) groups excluding carboxylic acids is 1. The minimum atomic E-state index is 0.146. The van der Waals surface area contributed by atoms with Crippen molar-refractivity contribution in [3.8, 4) is 0 Å². The van der Waals surface area contributed by atoms with Crippen LogP contribution in [0.4, 0.5) is 0 Å². The lowest BCUT2D eigenvalue weighted by Crippen LogP contribution is -2.32. The normalized spacial score (nSPS) is 12.2. The van der Waals surface area contributed by atoms with Gasteiger partial charge < -0.3 is 4.90 Å². The van der Waals surface area contributed by atoms with Crippen molar-refractivity contribution < 1.29 is 4.79 Å². The molecule has 1 amide bonds. The molecular weight excluding hydrogens is 186 g/mol. The molecule has 1 aromatic carbocycles. The van der Waals surface area contributed by atoms with Crippen molar-refractivity contribution in [2.45, 2.75) is 33.2 Å². The minimum Gasteiger partial charge on any atom is -0.336 e. The molecule has 0 saturated heterocycles. The van der Waals surface area contributed by atoms with Gasteiger partial charge in [-0.25, -0.2) is 0 Å². The van der Waals surface area contributed by atoms with Crippen LogP contribution in [0.25, 0.3) is 0 Å². The highest BCUT2D eigenvalue weighted by Crippen LogP contribution is 2.23. The maximum Gasteiger partial charge on any atom is 0.219 e. The quantitative estimate of drug-likeness (QED) is 0.740. The molecule has 0 bridgehead atoms. The largest absolute Gasteiger partial charge is 0.336 e. The van der Waals surface area contributed by atoms with Crippen LogP contribution in [0.3, 0.4) is 0 Å². The van der Waals surface area contributed by atoms with Gasteiger partial charge in [-0.15, -0.1) is 0 Å². The minimum absolute atomic E-state index is 0.146. The van der Waals surface area contributed by atoms with Crippen molar-refractivity contribution in [2.24, 2.45) is 0 Å². The SMILES string of the molecule is CCC(c1ccccc1)N(CC)C(C)=O. The molecule has 1 unspecified atom stereocenters. The van der Waals surface area contributed by atoms with E-state index in [1.165, 1.54) is 5.56 Å². The van der Waals surface area contributed by atoms with Crippen molar-refractivity contribution in [2.75, 3.05) is 6.54 Å². The lowest BCUT2D eigenvalue weighted by Gasteiger charge is -2.29. The summed E-state index contributed by atoms with van der Waals surface area (Å²) in [5.41, 5.74) is 1.22. The molecule has 0 heterocycles. The molecule has 82 valence electrons. The van der Waals surface area contributed by atoms with Crippen LogP contribution in [0.2, 0.25) is 0 Å². The van der Waals surface area contributed by atoms with Gasteiger partial charge in [0.05, 0.1) is 6.04 Å². The fraction of sp³-hybridized carbons (Fsp3) is 0.462. The molecule has 15 heavy (non-hydrogen) atoms. The standard InChI is InChI=1S/C13H19NO/c1-4-13(14(5-2)11(3)15)12-9-7-6-8-10-12/h6-10,13H,4-5H2,1-3H3. The predicted molar refractivity (Wildman–Crippen MR) is 62.5 cm³/mol. The average molecular weight is 205 g/mol. The summed E-state index contributed by atoms with van der Waals surface area (Å²) in [5.74, 6) is 0.146. The average Bonchev–Trinajstić information content (AvgIpc) is 2.26. The van der Waals surface area contributed by atoms with Crippen molar-refractivity contribution in [3.63, 3.8) is 0 Å². The summed E-state index contributed by atoms with van der Waals surface area (Å²) < 4.78 is 0. The third-order valence-corrected chi connectivity index (χ3v) is 2.69. The van der Waals surface area contributed by atoms with Gasteiger partial charge >= 0.3 is 0 Å². The molecule has 0 spiro atoms. The molecule has 2 nitrogen and oxygen atoms in total. The van der Waals surface area contributed by atoms with Crippen molar-refractivity contribution in [1.29, 1.82) is 0 Å². The maximum atomic E-state index is 11.5. The molecule has 0 aliphatic heterocycles. The van der Waals surface area contributed by atoms with Crippen LogP contribution in [0.5, 0.6) is 0 Å². The van der Waals surface area contributed by atoms with E-state index in [0.29, 0.717) is 0 Å². The summed E-state index contributed by atoms with van der Waals surface area (Å²) in [6, 6.07) is 10.4. The Hall–Kier alpha value is -1.31. The van der Waals surface area contributed by atoms with Gasteiger partial charge in [0.25, 0.3) is 0 Å². The second-order valence-electron chi connectivity index (χ2n) is 3.64. The number of hydrogen-bond acceptors (Lipinski definition) is 1. The Morgan fingerprint density at radius 1 is 1.27 bits per heavy atom. The summed E-state index contributed by atoms with van der Waals surface area (Å²) in [5, 5.41) is 0. The van der Waals surface area contributed by atoms with Crippen LogP contribution in [-0.2, 0) is 4.79 Å². The third kappa shape index (κ3) is 2.82. The van der Waals surface area contributed by atoms with E-state index in [-0.39, 0.29) is 11.9 Å². The summed E-state index contributed by atoms with van der Waals surface area (Å²) in [6.45, 7) is 6.54. The van der Waals surface area contributed by atoms with E-state index in [0.717, 1.165) is 13.0 Å². The second kappa shape index (κ2) is 5.54. The van der Waals surface area contributed by atoms with Crippen LogP contribution in [0.1, 0.15) is 38.8 Å². The van der Waals surface area contributed by atoms with Gasteiger partial charge in [0.15, 0.2) is 0 Å². The van der Waals surface area contributed by atoms with Gasteiger partial charge in [0.2, 0.25) is 5.91 Å². The molecule has 0 radical (unpaired) electrons. The van der Waals surface area contributed by atoms with Gasteiger partial charge in [-0.1, -0.05) is 37.3 Å². The van der Waals surface area contributed by atoms with Gasteiger partial charge in [0.1, 0.15) is 0 Å². The van der Waals surface area contributed by atoms with E-state index in [2.05, 4.69) is 19.1 Å². The van der Waals surface area contributed by atoms with E-state index in [1.54, 1.807) is 6.92 Å². The number of carbonyl (C=O) groups is 1. The maximum absolute atomic E-state index is 11.5. The molecule has 0 aliphatic carbocycles. The number of amides is 1. The molecule has 0 saturated carbocycles. The topological polar surface area (TPSA) is 20.3 Å². The van der Waals surface area contributed by atoms with Gasteiger partial charge in [-0.05, 0) is 18.9 Å². The Bertz CT molecular complexity index is 308. The first-order chi connectivity index (χ1) is 7.20. The Labute approximate surface area is 91.9 Å². The van der Waals surface area contributed by atoms with Crippen LogP contribution in [-0.4, -0.2) is 17.4 Å². The third-order valence-electron chi connectivity index (χ3n) is 2.69. The zero-order valence-electron chi connectivity index (χ0n) is 9.73. The van der Waals surface area contributed by atoms with Crippen molar-refractivity contribution >= 4 is 5.91 Å². The Balaban J connectivity index is 2.92. The molecular formula is C13H19NO. The fourth-order valence-electron chi connectivity index (χ4n) is 1.97.